The Morgan fingerprint density at radius 2 is 2.15 bits per heavy atom. The van der Waals surface area contributed by atoms with Crippen LogP contribution in [-0.2, 0) is 9.53 Å². The van der Waals surface area contributed by atoms with E-state index in [0.29, 0.717) is 0 Å². The smallest absolute Gasteiger partial charge is 0.327 e. The zero-order valence-corrected chi connectivity index (χ0v) is 10.1. The van der Waals surface area contributed by atoms with E-state index in [2.05, 4.69) is 22.9 Å². The molecule has 0 N–H and O–H groups in total. The zero-order chi connectivity index (χ0) is 10.3. The first-order chi connectivity index (χ1) is 5.98. The van der Waals surface area contributed by atoms with E-state index in [1.165, 1.54) is 6.26 Å². The van der Waals surface area contributed by atoms with Gasteiger partial charge in [-0.25, -0.2) is 0 Å². The zero-order valence-electron chi connectivity index (χ0n) is 8.47. The van der Waals surface area contributed by atoms with E-state index < -0.39 is 4.32 Å². The van der Waals surface area contributed by atoms with Crippen LogP contribution >= 0.6 is 15.9 Å². The molecule has 0 aliphatic carbocycles. The number of alkyl halides is 1. The van der Waals surface area contributed by atoms with Gasteiger partial charge < -0.3 is 4.74 Å². The number of carbonyl (C=O) groups is 1. The van der Waals surface area contributed by atoms with Gasteiger partial charge in [-0.15, -0.1) is 0 Å². The molecule has 0 aliphatic rings. The third kappa shape index (κ3) is 6.82. The van der Waals surface area contributed by atoms with Gasteiger partial charge >= 0.3 is 5.97 Å². The van der Waals surface area contributed by atoms with Crippen molar-refractivity contribution >= 4 is 21.9 Å². The summed E-state index contributed by atoms with van der Waals surface area (Å²) in [6.45, 7) is 5.64. The second-order valence-corrected chi connectivity index (χ2v) is 5.37. The van der Waals surface area contributed by atoms with Crippen molar-refractivity contribution in [1.29, 1.82) is 0 Å². The number of allylic oxidation sites excluding steroid dienone is 1. The molecule has 0 unspecified atom stereocenters. The largest absolute Gasteiger partial charge is 0.434 e. The Morgan fingerprint density at radius 3 is 2.62 bits per heavy atom. The molecule has 0 bridgehead atoms. The molecule has 0 rings (SSSR count). The van der Waals surface area contributed by atoms with Crippen molar-refractivity contribution in [2.24, 2.45) is 0 Å². The Hall–Kier alpha value is -0.310. The summed E-state index contributed by atoms with van der Waals surface area (Å²) < 4.78 is 4.29. The van der Waals surface area contributed by atoms with Gasteiger partial charge in [-0.2, -0.15) is 0 Å². The highest BCUT2D eigenvalue weighted by Crippen LogP contribution is 2.17. The summed E-state index contributed by atoms with van der Waals surface area (Å²) in [5.41, 5.74) is 0. The second kappa shape index (κ2) is 6.19. The Bertz CT molecular complexity index is 180. The van der Waals surface area contributed by atoms with Crippen LogP contribution in [0.5, 0.6) is 0 Å². The van der Waals surface area contributed by atoms with Crippen molar-refractivity contribution in [3.8, 4) is 0 Å². The number of hydrogen-bond donors (Lipinski definition) is 0. The number of halogens is 1. The fourth-order valence-electron chi connectivity index (χ4n) is 0.640. The first kappa shape index (κ1) is 12.7. The molecule has 0 aromatic carbocycles. The van der Waals surface area contributed by atoms with Crippen molar-refractivity contribution in [2.75, 3.05) is 0 Å². The van der Waals surface area contributed by atoms with Crippen LogP contribution in [0.2, 0.25) is 0 Å². The van der Waals surface area contributed by atoms with E-state index in [1.54, 1.807) is 13.8 Å². The Balaban J connectivity index is 3.64. The molecule has 13 heavy (non-hydrogen) atoms. The first-order valence-electron chi connectivity index (χ1n) is 4.53. The van der Waals surface area contributed by atoms with E-state index in [0.717, 1.165) is 19.3 Å². The predicted octanol–water partition coefficient (Wildman–Crippen LogP) is 3.41. The maximum absolute atomic E-state index is 11.2. The summed E-state index contributed by atoms with van der Waals surface area (Å²) in [6, 6.07) is 0. The highest BCUT2D eigenvalue weighted by molar-refractivity contribution is 9.10. The van der Waals surface area contributed by atoms with Crippen LogP contribution in [0.4, 0.5) is 0 Å². The maximum Gasteiger partial charge on any atom is 0.327 e. The van der Waals surface area contributed by atoms with Gasteiger partial charge in [0.1, 0.15) is 4.32 Å². The third-order valence-electron chi connectivity index (χ3n) is 1.48. The van der Waals surface area contributed by atoms with Gasteiger partial charge in [0.2, 0.25) is 0 Å². The van der Waals surface area contributed by atoms with Gasteiger partial charge in [-0.1, -0.05) is 29.3 Å². The molecule has 0 spiro atoms. The standard InChI is InChI=1S/C10H17BrO2/c1-4-5-6-7-8-13-9(12)10(2,3)11/h7-8H,4-6H2,1-3H3. The average molecular weight is 249 g/mol. The molecule has 76 valence electrons. The Labute approximate surface area is 88.5 Å². The lowest BCUT2D eigenvalue weighted by atomic mass is 10.2. The minimum Gasteiger partial charge on any atom is -0.434 e. The molecular formula is C10H17BrO2. The normalized spacial score (nSPS) is 12.0. The van der Waals surface area contributed by atoms with Gasteiger partial charge in [0, 0.05) is 0 Å². The van der Waals surface area contributed by atoms with Crippen LogP contribution < -0.4 is 0 Å². The fraction of sp³-hybridized carbons (Fsp3) is 0.700. The van der Waals surface area contributed by atoms with Crippen molar-refractivity contribution in [3.63, 3.8) is 0 Å². The first-order valence-corrected chi connectivity index (χ1v) is 5.32. The lowest BCUT2D eigenvalue weighted by molar-refractivity contribution is -0.139. The van der Waals surface area contributed by atoms with Crippen LogP contribution in [0.1, 0.15) is 40.0 Å². The lowest BCUT2D eigenvalue weighted by Gasteiger charge is -2.11. The van der Waals surface area contributed by atoms with Gasteiger partial charge in [-0.05, 0) is 32.8 Å². The van der Waals surface area contributed by atoms with Crippen LogP contribution in [0.3, 0.4) is 0 Å². The summed E-state index contributed by atoms with van der Waals surface area (Å²) in [7, 11) is 0. The van der Waals surface area contributed by atoms with E-state index in [-0.39, 0.29) is 5.97 Å². The molecule has 0 aliphatic heterocycles. The number of rotatable bonds is 5. The molecule has 0 aromatic heterocycles. The fourth-order valence-corrected chi connectivity index (χ4v) is 0.734. The third-order valence-corrected chi connectivity index (χ3v) is 1.80. The molecule has 3 heteroatoms. The summed E-state index contributed by atoms with van der Waals surface area (Å²) >= 11 is 3.22. The molecule has 0 radical (unpaired) electrons. The maximum atomic E-state index is 11.2. The van der Waals surface area contributed by atoms with Crippen LogP contribution in [-0.4, -0.2) is 10.3 Å². The van der Waals surface area contributed by atoms with E-state index >= 15 is 0 Å². The number of ether oxygens (including phenoxy) is 1. The quantitative estimate of drug-likeness (QED) is 0.323. The predicted molar refractivity (Wildman–Crippen MR) is 57.8 cm³/mol. The molecule has 0 saturated carbocycles. The van der Waals surface area contributed by atoms with Gasteiger partial charge in [0.25, 0.3) is 0 Å². The van der Waals surface area contributed by atoms with E-state index in [4.69, 9.17) is 4.74 Å². The highest BCUT2D eigenvalue weighted by Gasteiger charge is 2.24. The monoisotopic (exact) mass is 248 g/mol. The molecule has 0 aromatic rings. The van der Waals surface area contributed by atoms with Crippen molar-refractivity contribution in [1.82, 2.24) is 0 Å². The molecular weight excluding hydrogens is 232 g/mol. The number of carbonyl (C=O) groups excluding carboxylic acids is 1. The Morgan fingerprint density at radius 1 is 1.54 bits per heavy atom. The van der Waals surface area contributed by atoms with Crippen molar-refractivity contribution < 1.29 is 9.53 Å². The number of hydrogen-bond acceptors (Lipinski definition) is 2. The van der Waals surface area contributed by atoms with Crippen LogP contribution in [0, 0.1) is 0 Å². The summed E-state index contributed by atoms with van der Waals surface area (Å²) in [5, 5.41) is 0. The van der Waals surface area contributed by atoms with Gasteiger partial charge in [0.05, 0.1) is 6.26 Å². The highest BCUT2D eigenvalue weighted by atomic mass is 79.9. The van der Waals surface area contributed by atoms with Crippen molar-refractivity contribution in [3.05, 3.63) is 12.3 Å². The van der Waals surface area contributed by atoms with Gasteiger partial charge in [0.15, 0.2) is 0 Å². The van der Waals surface area contributed by atoms with Crippen LogP contribution in [0.25, 0.3) is 0 Å². The van der Waals surface area contributed by atoms with E-state index in [9.17, 15) is 4.79 Å². The number of unbranched alkanes of at least 4 members (excludes halogenated alkanes) is 2. The minimum atomic E-state index is -0.595. The topological polar surface area (TPSA) is 26.3 Å². The molecule has 2 nitrogen and oxygen atoms in total. The minimum absolute atomic E-state index is 0.264. The number of esters is 1. The Kier molecular flexibility index (Phi) is 6.04. The molecule has 0 fully saturated rings. The summed E-state index contributed by atoms with van der Waals surface area (Å²) in [4.78, 5) is 11.2. The molecule has 0 saturated heterocycles. The lowest BCUT2D eigenvalue weighted by Crippen LogP contribution is -2.24. The van der Waals surface area contributed by atoms with E-state index in [1.807, 2.05) is 6.08 Å². The second-order valence-electron chi connectivity index (χ2n) is 3.39. The molecule has 0 heterocycles. The SMILES string of the molecule is CCCCC=COC(=O)C(C)(C)Br. The van der Waals surface area contributed by atoms with Crippen molar-refractivity contribution in [2.45, 2.75) is 44.4 Å². The summed E-state index contributed by atoms with van der Waals surface area (Å²) in [6.07, 6.45) is 6.60. The average Bonchev–Trinajstić information content (AvgIpc) is 2.02. The molecule has 0 amide bonds. The summed E-state index contributed by atoms with van der Waals surface area (Å²) in [5.74, 6) is -0.264. The van der Waals surface area contributed by atoms with Crippen LogP contribution in [0.15, 0.2) is 12.3 Å². The molecule has 0 atom stereocenters. The van der Waals surface area contributed by atoms with Gasteiger partial charge in [-0.3, -0.25) is 4.79 Å².